The lowest BCUT2D eigenvalue weighted by Crippen LogP contribution is -2.30. The number of hydrogen-bond acceptors (Lipinski definition) is 7. The molecule has 30 heavy (non-hydrogen) atoms. The number of sulfonamides is 1. The minimum Gasteiger partial charge on any atom is -0.493 e. The Bertz CT molecular complexity index is 761. The molecule has 0 fully saturated rings. The summed E-state index contributed by atoms with van der Waals surface area (Å²) >= 11 is 0. The van der Waals surface area contributed by atoms with Crippen molar-refractivity contribution in [2.75, 3.05) is 54.6 Å². The molecule has 1 aromatic carbocycles. The number of carbonyl (C=O) groups is 1. The van der Waals surface area contributed by atoms with Crippen molar-refractivity contribution in [1.82, 2.24) is 19.4 Å². The van der Waals surface area contributed by atoms with Gasteiger partial charge in [0.25, 0.3) is 0 Å². The molecule has 0 unspecified atom stereocenters. The average molecular weight is 443 g/mol. The van der Waals surface area contributed by atoms with Crippen LogP contribution < -0.4 is 9.46 Å². The molecule has 1 rings (SSSR count). The number of benzene rings is 1. The first-order chi connectivity index (χ1) is 13.9. The van der Waals surface area contributed by atoms with Gasteiger partial charge in [-0.1, -0.05) is 0 Å². The molecule has 8 nitrogen and oxygen atoms in total. The highest BCUT2D eigenvalue weighted by molar-refractivity contribution is 7.90. The summed E-state index contributed by atoms with van der Waals surface area (Å²) in [5.74, 6) is 0.225. The van der Waals surface area contributed by atoms with Gasteiger partial charge in [-0.3, -0.25) is 9.52 Å². The first-order valence-corrected chi connectivity index (χ1v) is 11.8. The van der Waals surface area contributed by atoms with Crippen LogP contribution in [0.2, 0.25) is 0 Å². The van der Waals surface area contributed by atoms with Gasteiger partial charge in [0.15, 0.2) is 0 Å². The molecule has 0 spiro atoms. The summed E-state index contributed by atoms with van der Waals surface area (Å²) in [6.07, 6.45) is 1.01. The number of rotatable bonds is 13. The van der Waals surface area contributed by atoms with Gasteiger partial charge in [-0.25, -0.2) is 8.42 Å². The summed E-state index contributed by atoms with van der Waals surface area (Å²) in [6, 6.07) is 4.38. The second-order valence-electron chi connectivity index (χ2n) is 8.49. The highest BCUT2D eigenvalue weighted by Crippen LogP contribution is 2.29. The topological polar surface area (TPSA) is 82.2 Å². The number of nitrogens with zero attached hydrogens (tertiary/aromatic N) is 3. The zero-order chi connectivity index (χ0) is 22.9. The van der Waals surface area contributed by atoms with Crippen LogP contribution in [-0.4, -0.2) is 83.7 Å². The van der Waals surface area contributed by atoms with E-state index in [1.54, 1.807) is 0 Å². The van der Waals surface area contributed by atoms with E-state index in [1.165, 1.54) is 12.5 Å². The molecule has 1 N–H and O–H groups in total. The third kappa shape index (κ3) is 10.4. The third-order valence-corrected chi connectivity index (χ3v) is 5.55. The SMILES string of the molecule is CC(=O)NS(=O)(=O)CCCCOc1c(CN(C)C)cc(CN(C)C)cc1CN(C)C. The van der Waals surface area contributed by atoms with Crippen LogP contribution in [0.3, 0.4) is 0 Å². The fourth-order valence-electron chi connectivity index (χ4n) is 3.22. The fraction of sp³-hybridized carbons (Fsp3) is 0.667. The lowest BCUT2D eigenvalue weighted by Gasteiger charge is -2.23. The Balaban J connectivity index is 2.94. The molecule has 1 amide bonds. The molecule has 0 aliphatic rings. The Morgan fingerprint density at radius 2 is 1.40 bits per heavy atom. The zero-order valence-corrected chi connectivity index (χ0v) is 20.3. The van der Waals surface area contributed by atoms with Crippen molar-refractivity contribution in [1.29, 1.82) is 0 Å². The van der Waals surface area contributed by atoms with Crippen LogP contribution in [0.1, 0.15) is 36.5 Å². The van der Waals surface area contributed by atoms with Gasteiger partial charge in [0, 0.05) is 37.7 Å². The molecule has 172 valence electrons. The standard InChI is InChI=1S/C21H38N4O4S/c1-17(26)22-30(27,28)11-9-8-10-29-21-19(15-24(4)5)12-18(14-23(2)3)13-20(21)16-25(6)7/h12-13H,8-11,14-16H2,1-7H3,(H,22,26). The van der Waals surface area contributed by atoms with Gasteiger partial charge in [0.05, 0.1) is 12.4 Å². The smallest absolute Gasteiger partial charge is 0.234 e. The second-order valence-corrected chi connectivity index (χ2v) is 10.3. The maximum Gasteiger partial charge on any atom is 0.234 e. The van der Waals surface area contributed by atoms with E-state index in [0.717, 1.165) is 36.5 Å². The van der Waals surface area contributed by atoms with Gasteiger partial charge in [0.1, 0.15) is 5.75 Å². The second kappa shape index (κ2) is 12.2. The van der Waals surface area contributed by atoms with Crippen LogP contribution in [0.25, 0.3) is 0 Å². The number of ether oxygens (including phenoxy) is 1. The monoisotopic (exact) mass is 442 g/mol. The number of hydrogen-bond donors (Lipinski definition) is 1. The first kappa shape index (κ1) is 26.4. The summed E-state index contributed by atoms with van der Waals surface area (Å²) in [4.78, 5) is 17.3. The average Bonchev–Trinajstić information content (AvgIpc) is 2.53. The number of unbranched alkanes of at least 4 members (excludes halogenated alkanes) is 1. The summed E-state index contributed by atoms with van der Waals surface area (Å²) in [7, 11) is 8.65. The highest BCUT2D eigenvalue weighted by atomic mass is 32.2. The quantitative estimate of drug-likeness (QED) is 0.464. The summed E-state index contributed by atoms with van der Waals surface area (Å²) in [5, 5.41) is 0. The molecular formula is C21H38N4O4S. The molecule has 0 aromatic heterocycles. The van der Waals surface area contributed by atoms with E-state index >= 15 is 0 Å². The van der Waals surface area contributed by atoms with E-state index < -0.39 is 15.9 Å². The Labute approximate surface area is 182 Å². The van der Waals surface area contributed by atoms with E-state index in [-0.39, 0.29) is 5.75 Å². The van der Waals surface area contributed by atoms with Gasteiger partial charge in [-0.2, -0.15) is 0 Å². The highest BCUT2D eigenvalue weighted by Gasteiger charge is 2.16. The normalized spacial score (nSPS) is 12.1. The fourth-order valence-corrected chi connectivity index (χ4v) is 4.35. The summed E-state index contributed by atoms with van der Waals surface area (Å²) in [6.45, 7) is 3.98. The molecule has 0 heterocycles. The lowest BCUT2D eigenvalue weighted by molar-refractivity contribution is -0.117. The minimum absolute atomic E-state index is 0.0905. The number of carbonyl (C=O) groups excluding carboxylic acids is 1. The molecule has 0 atom stereocenters. The van der Waals surface area contributed by atoms with Gasteiger partial charge >= 0.3 is 0 Å². The van der Waals surface area contributed by atoms with E-state index in [1.807, 2.05) is 32.9 Å². The van der Waals surface area contributed by atoms with Crippen molar-refractivity contribution < 1.29 is 17.9 Å². The Morgan fingerprint density at radius 3 is 1.83 bits per heavy atom. The van der Waals surface area contributed by atoms with Gasteiger partial charge < -0.3 is 19.4 Å². The maximum absolute atomic E-state index is 11.8. The molecule has 0 aliphatic carbocycles. The number of nitrogens with one attached hydrogen (secondary N) is 1. The molecular weight excluding hydrogens is 404 g/mol. The maximum atomic E-state index is 11.8. The van der Waals surface area contributed by atoms with Crippen molar-refractivity contribution in [3.05, 3.63) is 28.8 Å². The molecule has 0 saturated carbocycles. The lowest BCUT2D eigenvalue weighted by atomic mass is 10.0. The van der Waals surface area contributed by atoms with Gasteiger partial charge in [-0.15, -0.1) is 0 Å². The largest absolute Gasteiger partial charge is 0.493 e. The van der Waals surface area contributed by atoms with Crippen LogP contribution >= 0.6 is 0 Å². The molecule has 0 bridgehead atoms. The van der Waals surface area contributed by atoms with Crippen LogP contribution in [0.4, 0.5) is 0 Å². The predicted molar refractivity (Wildman–Crippen MR) is 121 cm³/mol. The Hall–Kier alpha value is -1.68. The van der Waals surface area contributed by atoms with Crippen LogP contribution in [0.5, 0.6) is 5.75 Å². The van der Waals surface area contributed by atoms with Crippen molar-refractivity contribution in [2.45, 2.75) is 39.4 Å². The van der Waals surface area contributed by atoms with Crippen molar-refractivity contribution in [2.24, 2.45) is 0 Å². The van der Waals surface area contributed by atoms with E-state index in [9.17, 15) is 13.2 Å². The molecule has 0 saturated heterocycles. The van der Waals surface area contributed by atoms with Gasteiger partial charge in [0.2, 0.25) is 15.9 Å². The van der Waals surface area contributed by atoms with Crippen LogP contribution in [-0.2, 0) is 34.5 Å². The summed E-state index contributed by atoms with van der Waals surface area (Å²) < 4.78 is 31.7. The molecule has 1 aromatic rings. The Morgan fingerprint density at radius 1 is 0.900 bits per heavy atom. The Kier molecular flexibility index (Phi) is 10.8. The van der Waals surface area contributed by atoms with Crippen LogP contribution in [0.15, 0.2) is 12.1 Å². The van der Waals surface area contributed by atoms with E-state index in [0.29, 0.717) is 19.4 Å². The van der Waals surface area contributed by atoms with Crippen LogP contribution in [0, 0.1) is 0 Å². The first-order valence-electron chi connectivity index (χ1n) is 10.1. The molecule has 9 heteroatoms. The van der Waals surface area contributed by atoms with Crippen molar-refractivity contribution >= 4 is 15.9 Å². The summed E-state index contributed by atoms with van der Waals surface area (Å²) in [5.41, 5.74) is 3.49. The van der Waals surface area contributed by atoms with Crippen molar-refractivity contribution in [3.8, 4) is 5.75 Å². The molecule has 0 aliphatic heterocycles. The van der Waals surface area contributed by atoms with Crippen molar-refractivity contribution in [3.63, 3.8) is 0 Å². The number of amides is 1. The van der Waals surface area contributed by atoms with Gasteiger partial charge in [-0.05, 0) is 72.8 Å². The minimum atomic E-state index is -3.56. The third-order valence-electron chi connectivity index (χ3n) is 4.13. The molecule has 0 radical (unpaired) electrons. The predicted octanol–water partition coefficient (Wildman–Crippen LogP) is 1.50. The zero-order valence-electron chi connectivity index (χ0n) is 19.5. The van der Waals surface area contributed by atoms with E-state index in [2.05, 4.69) is 40.9 Å². The van der Waals surface area contributed by atoms with E-state index in [4.69, 9.17) is 4.74 Å².